The van der Waals surface area contributed by atoms with Crippen molar-refractivity contribution in [2.75, 3.05) is 5.32 Å². The zero-order valence-corrected chi connectivity index (χ0v) is 24.7. The highest BCUT2D eigenvalue weighted by atomic mass is 19.1. The number of hydrogen-bond acceptors (Lipinski definition) is 4. The Kier molecular flexibility index (Phi) is 7.46. The van der Waals surface area contributed by atoms with Crippen LogP contribution < -0.4 is 10.6 Å². The molecule has 2 bridgehead atoms. The lowest BCUT2D eigenvalue weighted by molar-refractivity contribution is -0.142. The van der Waals surface area contributed by atoms with Gasteiger partial charge in [-0.25, -0.2) is 4.39 Å². The lowest BCUT2D eigenvalue weighted by atomic mass is 9.73. The molecule has 0 aromatic heterocycles. The predicted octanol–water partition coefficient (Wildman–Crippen LogP) is 5.18. The second-order valence-electron chi connectivity index (χ2n) is 12.9. The standard InChI is InChI=1S/C34H40FN3O4/c1-19(2)22-12-14-24(15-13-22)36-31(39)28-27-16-17-34(42-27)29(28)33(41)38(18-23-9-5-6-10-25(23)35)30(34)32(40)37-26-11-7-8-20(3)21(26)4/h5-6,9-10,12-17,19-21,26-30H,7-8,11,18H2,1-4H3,(H,36,39)(H,37,40)/t20?,21?,26?,27-,28?,29-,30?,34?/m1/s1. The molecule has 4 aliphatic rings. The molecule has 3 amide bonds. The molecule has 7 nitrogen and oxygen atoms in total. The van der Waals surface area contributed by atoms with Crippen molar-refractivity contribution in [2.45, 2.75) is 83.2 Å². The van der Waals surface area contributed by atoms with Crippen molar-refractivity contribution in [3.63, 3.8) is 0 Å². The molecule has 222 valence electrons. The number of rotatable bonds is 7. The fraction of sp³-hybridized carbons (Fsp3) is 0.500. The minimum atomic E-state index is -1.30. The van der Waals surface area contributed by atoms with Gasteiger partial charge in [0.15, 0.2) is 0 Å². The summed E-state index contributed by atoms with van der Waals surface area (Å²) in [6.07, 6.45) is 5.96. The monoisotopic (exact) mass is 573 g/mol. The number of amides is 3. The maximum absolute atomic E-state index is 14.8. The number of nitrogens with one attached hydrogen (secondary N) is 2. The SMILES string of the molecule is CC(C)c1ccc(NC(=O)C2[C@H]3C=CC4(O3)C(C(=O)NC3CCCC(C)C3C)N(Cc3ccccc3F)C(=O)[C@@H]24)cc1. The Hall–Kier alpha value is -3.52. The van der Waals surface area contributed by atoms with E-state index in [0.29, 0.717) is 23.1 Å². The average Bonchev–Trinajstić information content (AvgIpc) is 3.60. The number of hydrogen-bond donors (Lipinski definition) is 2. The number of ether oxygens (including phenoxy) is 1. The second-order valence-corrected chi connectivity index (χ2v) is 12.9. The zero-order valence-electron chi connectivity index (χ0n) is 24.7. The molecule has 3 aliphatic heterocycles. The minimum absolute atomic E-state index is 0.0300. The molecule has 1 aliphatic carbocycles. The van der Waals surface area contributed by atoms with Gasteiger partial charge in [0.25, 0.3) is 0 Å². The third kappa shape index (κ3) is 4.74. The summed E-state index contributed by atoms with van der Waals surface area (Å²) in [7, 11) is 0. The smallest absolute Gasteiger partial charge is 0.246 e. The maximum atomic E-state index is 14.8. The molecule has 1 saturated carbocycles. The van der Waals surface area contributed by atoms with Crippen molar-refractivity contribution in [1.82, 2.24) is 10.2 Å². The van der Waals surface area contributed by atoms with E-state index in [1.165, 1.54) is 11.0 Å². The van der Waals surface area contributed by atoms with Crippen LogP contribution in [-0.4, -0.2) is 46.4 Å². The number of nitrogens with zero attached hydrogens (tertiary/aromatic N) is 1. The average molecular weight is 574 g/mol. The first-order chi connectivity index (χ1) is 20.1. The quantitative estimate of drug-likeness (QED) is 0.447. The highest BCUT2D eigenvalue weighted by molar-refractivity contribution is 6.02. The first kappa shape index (κ1) is 28.6. The summed E-state index contributed by atoms with van der Waals surface area (Å²) in [6, 6.07) is 12.9. The summed E-state index contributed by atoms with van der Waals surface area (Å²) in [5.74, 6) is -2.07. The van der Waals surface area contributed by atoms with Gasteiger partial charge in [0, 0.05) is 23.8 Å². The van der Waals surface area contributed by atoms with E-state index in [-0.39, 0.29) is 36.2 Å². The van der Waals surface area contributed by atoms with Gasteiger partial charge in [-0.1, -0.05) is 83.0 Å². The molecule has 6 rings (SSSR count). The predicted molar refractivity (Wildman–Crippen MR) is 158 cm³/mol. The Morgan fingerprint density at radius 3 is 2.52 bits per heavy atom. The Balaban J connectivity index is 1.31. The van der Waals surface area contributed by atoms with Crippen LogP contribution in [0.4, 0.5) is 10.1 Å². The molecule has 2 N–H and O–H groups in total. The highest BCUT2D eigenvalue weighted by Crippen LogP contribution is 2.55. The number of benzene rings is 2. The number of halogens is 1. The van der Waals surface area contributed by atoms with Gasteiger partial charge >= 0.3 is 0 Å². The van der Waals surface area contributed by atoms with Crippen LogP contribution in [-0.2, 0) is 25.7 Å². The largest absolute Gasteiger partial charge is 0.359 e. The van der Waals surface area contributed by atoms with Gasteiger partial charge in [0.05, 0.1) is 17.9 Å². The number of anilines is 1. The molecular weight excluding hydrogens is 533 g/mol. The van der Waals surface area contributed by atoms with E-state index in [0.717, 1.165) is 24.8 Å². The molecule has 0 radical (unpaired) electrons. The van der Waals surface area contributed by atoms with Crippen LogP contribution in [0.3, 0.4) is 0 Å². The summed E-state index contributed by atoms with van der Waals surface area (Å²) in [5, 5.41) is 6.21. The van der Waals surface area contributed by atoms with Crippen LogP contribution in [0.25, 0.3) is 0 Å². The molecule has 8 atom stereocenters. The summed E-state index contributed by atoms with van der Waals surface area (Å²) >= 11 is 0. The Labute approximate surface area is 246 Å². The van der Waals surface area contributed by atoms with Gasteiger partial charge in [-0.15, -0.1) is 0 Å². The van der Waals surface area contributed by atoms with Crippen molar-refractivity contribution in [2.24, 2.45) is 23.7 Å². The third-order valence-electron chi connectivity index (χ3n) is 10.1. The lowest BCUT2D eigenvalue weighted by Gasteiger charge is -2.38. The van der Waals surface area contributed by atoms with Crippen molar-refractivity contribution in [3.8, 4) is 0 Å². The second kappa shape index (κ2) is 11.0. The van der Waals surface area contributed by atoms with Crippen LogP contribution in [0.5, 0.6) is 0 Å². The summed E-state index contributed by atoms with van der Waals surface area (Å²) < 4.78 is 21.3. The topological polar surface area (TPSA) is 87.7 Å². The van der Waals surface area contributed by atoms with E-state index in [2.05, 4.69) is 38.3 Å². The van der Waals surface area contributed by atoms with Crippen molar-refractivity contribution >= 4 is 23.4 Å². The van der Waals surface area contributed by atoms with Crippen LogP contribution in [0.15, 0.2) is 60.7 Å². The van der Waals surface area contributed by atoms with Crippen LogP contribution in [0, 0.1) is 29.5 Å². The molecule has 42 heavy (non-hydrogen) atoms. The van der Waals surface area contributed by atoms with E-state index in [9.17, 15) is 18.8 Å². The van der Waals surface area contributed by atoms with E-state index in [1.54, 1.807) is 30.4 Å². The van der Waals surface area contributed by atoms with Crippen molar-refractivity contribution < 1.29 is 23.5 Å². The molecule has 3 fully saturated rings. The van der Waals surface area contributed by atoms with Crippen molar-refractivity contribution in [3.05, 3.63) is 77.6 Å². The van der Waals surface area contributed by atoms with Gasteiger partial charge in [0.1, 0.15) is 17.5 Å². The van der Waals surface area contributed by atoms with E-state index < -0.39 is 35.4 Å². The third-order valence-corrected chi connectivity index (χ3v) is 10.1. The molecule has 2 aromatic rings. The molecule has 8 heteroatoms. The summed E-state index contributed by atoms with van der Waals surface area (Å²) in [6.45, 7) is 8.47. The number of carbonyl (C=O) groups excluding carboxylic acids is 3. The number of fused-ring (bicyclic) bond motifs is 1. The highest BCUT2D eigenvalue weighted by Gasteiger charge is 2.72. The molecular formula is C34H40FN3O4. The normalized spacial score (nSPS) is 33.2. The zero-order chi connectivity index (χ0) is 29.8. The molecule has 2 aromatic carbocycles. The first-order valence-corrected chi connectivity index (χ1v) is 15.2. The van der Waals surface area contributed by atoms with Crippen LogP contribution >= 0.6 is 0 Å². The van der Waals surface area contributed by atoms with Gasteiger partial charge in [0.2, 0.25) is 17.7 Å². The maximum Gasteiger partial charge on any atom is 0.246 e. The van der Waals surface area contributed by atoms with E-state index >= 15 is 0 Å². The van der Waals surface area contributed by atoms with Gasteiger partial charge < -0.3 is 20.3 Å². The molecule has 6 unspecified atom stereocenters. The summed E-state index contributed by atoms with van der Waals surface area (Å²) in [5.41, 5.74) is 0.797. The Morgan fingerprint density at radius 1 is 1.07 bits per heavy atom. The molecule has 2 saturated heterocycles. The molecule has 3 heterocycles. The Morgan fingerprint density at radius 2 is 1.81 bits per heavy atom. The van der Waals surface area contributed by atoms with Crippen LogP contribution in [0.2, 0.25) is 0 Å². The molecule has 1 spiro atoms. The van der Waals surface area contributed by atoms with Gasteiger partial charge in [-0.2, -0.15) is 0 Å². The lowest BCUT2D eigenvalue weighted by Crippen LogP contribution is -2.57. The Bertz CT molecular complexity index is 1410. The fourth-order valence-electron chi connectivity index (χ4n) is 7.47. The first-order valence-electron chi connectivity index (χ1n) is 15.2. The van der Waals surface area contributed by atoms with Crippen LogP contribution in [0.1, 0.15) is 64.0 Å². The fourth-order valence-corrected chi connectivity index (χ4v) is 7.47. The summed E-state index contributed by atoms with van der Waals surface area (Å²) in [4.78, 5) is 43.6. The van der Waals surface area contributed by atoms with Gasteiger partial charge in [-0.3, -0.25) is 14.4 Å². The van der Waals surface area contributed by atoms with E-state index in [4.69, 9.17) is 4.74 Å². The van der Waals surface area contributed by atoms with Crippen molar-refractivity contribution in [1.29, 1.82) is 0 Å². The van der Waals surface area contributed by atoms with E-state index in [1.807, 2.05) is 24.3 Å². The number of likely N-dealkylation sites (tertiary alicyclic amines) is 1. The minimum Gasteiger partial charge on any atom is -0.359 e. The van der Waals surface area contributed by atoms with Gasteiger partial charge in [-0.05, 0) is 47.9 Å². The number of carbonyl (C=O) groups is 3.